The Morgan fingerprint density at radius 2 is 1.66 bits per heavy atom. The molecule has 248 valence electrons. The van der Waals surface area contributed by atoms with Crippen molar-refractivity contribution in [1.29, 1.82) is 0 Å². The number of hydrogen-bond acceptors (Lipinski definition) is 12. The van der Waals surface area contributed by atoms with E-state index in [9.17, 15) is 24.0 Å². The molecule has 4 rings (SSSR count). The lowest BCUT2D eigenvalue weighted by Gasteiger charge is -2.29. The Balaban J connectivity index is 1.58. The van der Waals surface area contributed by atoms with E-state index in [2.05, 4.69) is 10.3 Å². The van der Waals surface area contributed by atoms with Gasteiger partial charge in [-0.1, -0.05) is 44.2 Å². The molecule has 1 aromatic heterocycles. The quantitative estimate of drug-likeness (QED) is 0.252. The lowest BCUT2D eigenvalue weighted by atomic mass is 9.91. The van der Waals surface area contributed by atoms with Crippen molar-refractivity contribution in [2.24, 2.45) is 11.8 Å². The molecule has 1 N–H and O–H groups in total. The van der Waals surface area contributed by atoms with Crippen LogP contribution in [0.25, 0.3) is 0 Å². The molecule has 1 aliphatic heterocycles. The third kappa shape index (κ3) is 8.63. The van der Waals surface area contributed by atoms with Crippen LogP contribution in [0.2, 0.25) is 0 Å². The molecule has 13 heteroatoms. The van der Waals surface area contributed by atoms with Crippen molar-refractivity contribution in [2.75, 3.05) is 20.8 Å². The van der Waals surface area contributed by atoms with Gasteiger partial charge < -0.3 is 33.7 Å². The summed E-state index contributed by atoms with van der Waals surface area (Å²) in [4.78, 5) is 70.0. The van der Waals surface area contributed by atoms with E-state index in [1.807, 2.05) is 6.07 Å². The highest BCUT2D eigenvalue weighted by Gasteiger charge is 2.42. The second-order valence-corrected chi connectivity index (χ2v) is 11.0. The molecule has 0 bridgehead atoms. The first-order chi connectivity index (χ1) is 22.5. The summed E-state index contributed by atoms with van der Waals surface area (Å²) in [5.74, 6) is -5.38. The molecule has 0 aliphatic carbocycles. The maximum atomic E-state index is 13.5. The fraction of sp³-hybridized carbons (Fsp3) is 0.353. The Labute approximate surface area is 271 Å². The normalized spacial score (nSPS) is 19.6. The van der Waals surface area contributed by atoms with Gasteiger partial charge in [-0.2, -0.15) is 0 Å². The predicted octanol–water partition coefficient (Wildman–Crippen LogP) is 3.33. The number of hydrogen-bond donors (Lipinski definition) is 1. The molecule has 47 heavy (non-hydrogen) atoms. The van der Waals surface area contributed by atoms with Crippen molar-refractivity contribution in [3.63, 3.8) is 0 Å². The maximum absolute atomic E-state index is 13.5. The summed E-state index contributed by atoms with van der Waals surface area (Å²) >= 11 is 0. The van der Waals surface area contributed by atoms with Crippen molar-refractivity contribution in [1.82, 2.24) is 10.3 Å². The highest BCUT2D eigenvalue weighted by atomic mass is 16.6. The molecular formula is C34H36N2O11. The second-order valence-electron chi connectivity index (χ2n) is 11.0. The monoisotopic (exact) mass is 648 g/mol. The second kappa shape index (κ2) is 15.7. The smallest absolute Gasteiger partial charge is 0.343 e. The van der Waals surface area contributed by atoms with Crippen molar-refractivity contribution in [3.8, 4) is 17.2 Å². The number of aromatic nitrogens is 1. The molecule has 0 saturated carbocycles. The van der Waals surface area contributed by atoms with Gasteiger partial charge in [0.2, 0.25) is 5.75 Å². The Bertz CT molecular complexity index is 1590. The molecule has 2 unspecified atom stereocenters. The summed E-state index contributed by atoms with van der Waals surface area (Å²) in [6.45, 7) is 4.17. The summed E-state index contributed by atoms with van der Waals surface area (Å²) in [6.07, 6.45) is -0.894. The van der Waals surface area contributed by atoms with Gasteiger partial charge in [0, 0.05) is 12.3 Å². The number of nitrogens with one attached hydrogen (secondary N) is 1. The van der Waals surface area contributed by atoms with Gasteiger partial charge >= 0.3 is 23.9 Å². The van der Waals surface area contributed by atoms with Crippen LogP contribution in [0.4, 0.5) is 0 Å². The first-order valence-corrected chi connectivity index (χ1v) is 14.8. The average Bonchev–Trinajstić information content (AvgIpc) is 3.10. The summed E-state index contributed by atoms with van der Waals surface area (Å²) in [5.41, 5.74) is 0.536. The van der Waals surface area contributed by atoms with E-state index < -0.39 is 66.5 Å². The summed E-state index contributed by atoms with van der Waals surface area (Å²) in [6, 6.07) is 15.0. The fourth-order valence-corrected chi connectivity index (χ4v) is 4.71. The number of cyclic esters (lactones) is 2. The summed E-state index contributed by atoms with van der Waals surface area (Å²) in [5, 5.41) is 2.46. The number of esters is 4. The lowest BCUT2D eigenvalue weighted by molar-refractivity contribution is -0.176. The van der Waals surface area contributed by atoms with Gasteiger partial charge in [0.05, 0.1) is 25.7 Å². The number of ether oxygens (including phenoxy) is 6. The molecule has 1 amide bonds. The Kier molecular flexibility index (Phi) is 11.5. The summed E-state index contributed by atoms with van der Waals surface area (Å²) in [7, 11) is 2.80. The van der Waals surface area contributed by atoms with Crippen LogP contribution < -0.4 is 19.5 Å². The highest BCUT2D eigenvalue weighted by molar-refractivity contribution is 6.00. The van der Waals surface area contributed by atoms with Crippen LogP contribution in [0, 0.1) is 11.8 Å². The van der Waals surface area contributed by atoms with Gasteiger partial charge in [-0.25, -0.2) is 14.6 Å². The third-order valence-electron chi connectivity index (χ3n) is 7.29. The summed E-state index contributed by atoms with van der Waals surface area (Å²) < 4.78 is 32.8. The van der Waals surface area contributed by atoms with Gasteiger partial charge in [-0.3, -0.25) is 14.4 Å². The van der Waals surface area contributed by atoms with Crippen LogP contribution in [0.5, 0.6) is 17.2 Å². The van der Waals surface area contributed by atoms with Crippen molar-refractivity contribution >= 4 is 29.8 Å². The van der Waals surface area contributed by atoms with E-state index >= 15 is 0 Å². The molecule has 0 spiro atoms. The fourth-order valence-electron chi connectivity index (χ4n) is 4.71. The number of carbonyl (C=O) groups excluding carboxylic acids is 5. The van der Waals surface area contributed by atoms with Gasteiger partial charge in [-0.05, 0) is 43.2 Å². The van der Waals surface area contributed by atoms with Crippen molar-refractivity contribution < 1.29 is 52.4 Å². The standard InChI is InChI=1S/C34H36N2O11/c1-19(2)31(38)46-28-20(3)45-34(41)25(18-44-33(40)24(28)17-21-9-7-6-8-10-21)36-30(37)27-29(26(43-5)15-16-35-27)47-32(39)22-11-13-23(42-4)14-12-22/h6-16,19-20,24-25,28H,17-18H2,1-5H3,(H,36,37)/t20-,24+,25?,28?/m0/s1. The third-order valence-corrected chi connectivity index (χ3v) is 7.29. The molecule has 2 aromatic carbocycles. The molecule has 3 aromatic rings. The van der Waals surface area contributed by atoms with E-state index in [1.165, 1.54) is 45.5 Å². The first kappa shape index (κ1) is 34.4. The molecule has 1 aliphatic rings. The average molecular weight is 649 g/mol. The molecule has 2 heterocycles. The van der Waals surface area contributed by atoms with E-state index in [-0.39, 0.29) is 29.2 Å². The number of carbonyl (C=O) groups is 5. The van der Waals surface area contributed by atoms with Crippen LogP contribution in [0.15, 0.2) is 66.9 Å². The van der Waals surface area contributed by atoms with E-state index in [1.54, 1.807) is 50.2 Å². The molecule has 13 nitrogen and oxygen atoms in total. The van der Waals surface area contributed by atoms with Gasteiger partial charge in [0.25, 0.3) is 5.91 Å². The Hall–Kier alpha value is -5.46. The van der Waals surface area contributed by atoms with E-state index in [0.717, 1.165) is 5.56 Å². The van der Waals surface area contributed by atoms with E-state index in [4.69, 9.17) is 28.4 Å². The van der Waals surface area contributed by atoms with Crippen molar-refractivity contribution in [2.45, 2.75) is 45.4 Å². The van der Waals surface area contributed by atoms with Crippen LogP contribution in [-0.4, -0.2) is 73.8 Å². The topological polar surface area (TPSA) is 166 Å². The first-order valence-electron chi connectivity index (χ1n) is 14.8. The number of methoxy groups -OCH3 is 2. The van der Waals surface area contributed by atoms with Crippen molar-refractivity contribution in [3.05, 3.63) is 83.7 Å². The Morgan fingerprint density at radius 3 is 2.30 bits per heavy atom. The van der Waals surface area contributed by atoms with Crippen LogP contribution in [0.1, 0.15) is 47.2 Å². The molecule has 4 atom stereocenters. The van der Waals surface area contributed by atoms with Crippen LogP contribution >= 0.6 is 0 Å². The van der Waals surface area contributed by atoms with Gasteiger partial charge in [0.1, 0.15) is 24.4 Å². The molecule has 1 saturated heterocycles. The molecule has 1 fully saturated rings. The van der Waals surface area contributed by atoms with Gasteiger partial charge in [0.15, 0.2) is 23.6 Å². The lowest BCUT2D eigenvalue weighted by Crippen LogP contribution is -2.47. The number of amides is 1. The predicted molar refractivity (Wildman–Crippen MR) is 165 cm³/mol. The number of pyridine rings is 1. The minimum atomic E-state index is -1.50. The molecule has 0 radical (unpaired) electrons. The zero-order valence-electron chi connectivity index (χ0n) is 26.6. The Morgan fingerprint density at radius 1 is 0.957 bits per heavy atom. The number of benzene rings is 2. The largest absolute Gasteiger partial charge is 0.497 e. The SMILES string of the molecule is COc1ccc(C(=O)Oc2c(OC)ccnc2C(=O)NC2COC(=O)[C@H](Cc3ccccc3)C(OC(=O)C(C)C)[C@H](C)OC2=O)cc1. The van der Waals surface area contributed by atoms with Crippen LogP contribution in [-0.2, 0) is 35.0 Å². The number of nitrogens with zero attached hydrogens (tertiary/aromatic N) is 1. The zero-order valence-corrected chi connectivity index (χ0v) is 26.6. The van der Waals surface area contributed by atoms with E-state index in [0.29, 0.717) is 5.75 Å². The number of rotatable bonds is 10. The van der Waals surface area contributed by atoms with Gasteiger partial charge in [-0.15, -0.1) is 0 Å². The maximum Gasteiger partial charge on any atom is 0.343 e. The van der Waals surface area contributed by atoms with Crippen LogP contribution in [0.3, 0.4) is 0 Å². The minimum Gasteiger partial charge on any atom is -0.497 e. The zero-order chi connectivity index (χ0) is 34.1. The molecular weight excluding hydrogens is 612 g/mol. The minimum absolute atomic E-state index is 0.0164. The highest BCUT2D eigenvalue weighted by Crippen LogP contribution is 2.31.